The van der Waals surface area contributed by atoms with Crippen molar-refractivity contribution in [1.29, 1.82) is 0 Å². The second-order valence-electron chi connectivity index (χ2n) is 8.81. The number of rotatable bonds is 4. The lowest BCUT2D eigenvalue weighted by atomic mass is 9.96. The Morgan fingerprint density at radius 1 is 0.906 bits per heavy atom. The molecule has 3 N–H and O–H groups in total. The van der Waals surface area contributed by atoms with Crippen LogP contribution < -0.4 is 16.0 Å². The van der Waals surface area contributed by atoms with E-state index in [0.29, 0.717) is 24.1 Å². The molecule has 0 aliphatic carbocycles. The zero-order valence-electron chi connectivity index (χ0n) is 18.1. The summed E-state index contributed by atoms with van der Waals surface area (Å²) in [5.41, 5.74) is 4.11. The van der Waals surface area contributed by atoms with Gasteiger partial charge in [-0.2, -0.15) is 15.0 Å². The summed E-state index contributed by atoms with van der Waals surface area (Å²) in [6, 6.07) is 15.6. The molecule has 32 heavy (non-hydrogen) atoms. The number of hydrogen-bond donors (Lipinski definition) is 3. The number of aromatic nitrogens is 4. The highest BCUT2D eigenvalue weighted by Crippen LogP contribution is 2.29. The first-order valence-corrected chi connectivity index (χ1v) is 10.4. The van der Waals surface area contributed by atoms with E-state index in [1.54, 1.807) is 6.20 Å². The third-order valence-corrected chi connectivity index (χ3v) is 5.16. The maximum absolute atomic E-state index is 11.6. The van der Waals surface area contributed by atoms with E-state index in [1.165, 1.54) is 0 Å². The molecule has 1 amide bonds. The first-order chi connectivity index (χ1) is 15.3. The number of fused-ring (bicyclic) bond motifs is 2. The van der Waals surface area contributed by atoms with Gasteiger partial charge in [0.15, 0.2) is 0 Å². The predicted octanol–water partition coefficient (Wildman–Crippen LogP) is 4.70. The number of pyridine rings is 1. The highest BCUT2D eigenvalue weighted by molar-refractivity contribution is 5.99. The van der Waals surface area contributed by atoms with E-state index in [2.05, 4.69) is 56.7 Å². The van der Waals surface area contributed by atoms with E-state index in [-0.39, 0.29) is 11.3 Å². The molecule has 0 spiro atoms. The minimum Gasteiger partial charge on any atom is -0.325 e. The van der Waals surface area contributed by atoms with Crippen LogP contribution in [0.4, 0.5) is 29.0 Å². The monoisotopic (exact) mass is 425 g/mol. The van der Waals surface area contributed by atoms with E-state index in [1.807, 2.05) is 48.5 Å². The first kappa shape index (κ1) is 19.9. The summed E-state index contributed by atoms with van der Waals surface area (Å²) < 4.78 is 0. The molecule has 8 heteroatoms. The maximum atomic E-state index is 11.6. The molecule has 8 nitrogen and oxygen atoms in total. The Balaban J connectivity index is 1.47. The Morgan fingerprint density at radius 3 is 2.38 bits per heavy atom. The Labute approximate surface area is 185 Å². The lowest BCUT2D eigenvalue weighted by Crippen LogP contribution is -2.19. The van der Waals surface area contributed by atoms with Gasteiger partial charge in [-0.25, -0.2) is 0 Å². The van der Waals surface area contributed by atoms with E-state index < -0.39 is 0 Å². The smallest absolute Gasteiger partial charge is 0.232 e. The third kappa shape index (κ3) is 4.07. The van der Waals surface area contributed by atoms with Crippen LogP contribution in [-0.2, 0) is 16.6 Å². The van der Waals surface area contributed by atoms with Gasteiger partial charge in [0.25, 0.3) is 0 Å². The molecule has 0 bridgehead atoms. The molecule has 0 radical (unpaired) electrons. The summed E-state index contributed by atoms with van der Waals surface area (Å²) in [6.45, 7) is 6.17. The summed E-state index contributed by atoms with van der Waals surface area (Å²) in [5, 5.41) is 10.4. The highest BCUT2D eigenvalue weighted by atomic mass is 16.1. The molecule has 0 saturated heterocycles. The van der Waals surface area contributed by atoms with Crippen molar-refractivity contribution in [2.45, 2.75) is 32.6 Å². The van der Waals surface area contributed by atoms with Crippen LogP contribution in [0.2, 0.25) is 0 Å². The zero-order valence-corrected chi connectivity index (χ0v) is 18.1. The topological polar surface area (TPSA) is 105 Å². The molecule has 3 heterocycles. The van der Waals surface area contributed by atoms with Crippen molar-refractivity contribution in [2.75, 3.05) is 16.0 Å². The van der Waals surface area contributed by atoms with Gasteiger partial charge in [-0.1, -0.05) is 32.9 Å². The summed E-state index contributed by atoms with van der Waals surface area (Å²) in [6.07, 6.45) is 2.18. The van der Waals surface area contributed by atoms with Crippen molar-refractivity contribution >= 4 is 45.8 Å². The van der Waals surface area contributed by atoms with Crippen LogP contribution in [0.1, 0.15) is 32.2 Å². The molecule has 160 valence electrons. The standard InChI is InChI=1S/C24H23N7O/c1-24(2,3)21-29-22(26-16-8-9-18-14(11-16)5-4-10-25-18)31-23(30-21)27-17-7-6-15-12-20(32)28-19(15)13-17/h4-11,13H,12H2,1-3H3,(H,28,32)(H2,26,27,29,30,31). The second-order valence-corrected chi connectivity index (χ2v) is 8.81. The fourth-order valence-electron chi connectivity index (χ4n) is 3.53. The fourth-order valence-corrected chi connectivity index (χ4v) is 3.53. The van der Waals surface area contributed by atoms with Gasteiger partial charge in [0, 0.05) is 34.1 Å². The molecule has 0 unspecified atom stereocenters. The average Bonchev–Trinajstić information content (AvgIpc) is 3.12. The fraction of sp³-hybridized carbons (Fsp3) is 0.208. The molecule has 2 aromatic heterocycles. The average molecular weight is 425 g/mol. The molecular formula is C24H23N7O. The summed E-state index contributed by atoms with van der Waals surface area (Å²) >= 11 is 0. The van der Waals surface area contributed by atoms with Gasteiger partial charge >= 0.3 is 0 Å². The minimum absolute atomic E-state index is 0.00408. The van der Waals surface area contributed by atoms with Crippen molar-refractivity contribution < 1.29 is 4.79 Å². The third-order valence-electron chi connectivity index (χ3n) is 5.16. The van der Waals surface area contributed by atoms with E-state index in [4.69, 9.17) is 0 Å². The van der Waals surface area contributed by atoms with E-state index >= 15 is 0 Å². The Kier molecular flexibility index (Phi) is 4.70. The van der Waals surface area contributed by atoms with Crippen molar-refractivity contribution in [3.63, 3.8) is 0 Å². The van der Waals surface area contributed by atoms with E-state index in [0.717, 1.165) is 33.5 Å². The Bertz CT molecular complexity index is 1340. The van der Waals surface area contributed by atoms with Crippen LogP contribution in [0.5, 0.6) is 0 Å². The van der Waals surface area contributed by atoms with Crippen molar-refractivity contribution in [3.05, 3.63) is 66.1 Å². The number of amides is 1. The largest absolute Gasteiger partial charge is 0.325 e. The second kappa shape index (κ2) is 7.56. The molecular weight excluding hydrogens is 402 g/mol. The molecule has 0 saturated carbocycles. The van der Waals surface area contributed by atoms with Crippen LogP contribution in [0.3, 0.4) is 0 Å². The predicted molar refractivity (Wildman–Crippen MR) is 126 cm³/mol. The molecule has 2 aromatic carbocycles. The molecule has 0 fully saturated rings. The lowest BCUT2D eigenvalue weighted by molar-refractivity contribution is -0.115. The van der Waals surface area contributed by atoms with Crippen LogP contribution >= 0.6 is 0 Å². The van der Waals surface area contributed by atoms with Gasteiger partial charge in [-0.3, -0.25) is 9.78 Å². The first-order valence-electron chi connectivity index (χ1n) is 10.4. The van der Waals surface area contributed by atoms with Gasteiger partial charge in [0.2, 0.25) is 17.8 Å². The van der Waals surface area contributed by atoms with Crippen LogP contribution in [0.25, 0.3) is 10.9 Å². The van der Waals surface area contributed by atoms with Crippen molar-refractivity contribution in [3.8, 4) is 0 Å². The van der Waals surface area contributed by atoms with Gasteiger partial charge < -0.3 is 16.0 Å². The summed E-state index contributed by atoms with van der Waals surface area (Å²) in [5.74, 6) is 1.54. The van der Waals surface area contributed by atoms with Crippen LogP contribution in [0, 0.1) is 0 Å². The highest BCUT2D eigenvalue weighted by Gasteiger charge is 2.21. The number of benzene rings is 2. The number of carbonyl (C=O) groups is 1. The molecule has 4 aromatic rings. The molecule has 1 aliphatic rings. The molecule has 5 rings (SSSR count). The zero-order chi connectivity index (χ0) is 22.3. The van der Waals surface area contributed by atoms with Crippen molar-refractivity contribution in [1.82, 2.24) is 19.9 Å². The van der Waals surface area contributed by atoms with E-state index in [9.17, 15) is 4.79 Å². The molecule has 0 atom stereocenters. The lowest BCUT2D eigenvalue weighted by Gasteiger charge is -2.19. The minimum atomic E-state index is -0.269. The van der Waals surface area contributed by atoms with Crippen LogP contribution in [0.15, 0.2) is 54.7 Å². The maximum Gasteiger partial charge on any atom is 0.232 e. The van der Waals surface area contributed by atoms with Gasteiger partial charge in [0.05, 0.1) is 11.9 Å². The SMILES string of the molecule is CC(C)(C)c1nc(Nc2ccc3c(c2)NC(=O)C3)nc(Nc2ccc3ncccc3c2)n1. The van der Waals surface area contributed by atoms with Crippen LogP contribution in [-0.4, -0.2) is 25.8 Å². The van der Waals surface area contributed by atoms with Gasteiger partial charge in [-0.05, 0) is 42.0 Å². The number of carbonyl (C=O) groups excluding carboxylic acids is 1. The summed E-state index contributed by atoms with van der Waals surface area (Å²) in [4.78, 5) is 29.9. The quantitative estimate of drug-likeness (QED) is 0.435. The normalized spacial score (nSPS) is 13.0. The van der Waals surface area contributed by atoms with Gasteiger partial charge in [-0.15, -0.1) is 0 Å². The Hall–Kier alpha value is -4.07. The summed E-state index contributed by atoms with van der Waals surface area (Å²) in [7, 11) is 0. The molecule has 1 aliphatic heterocycles. The Morgan fingerprint density at radius 2 is 1.62 bits per heavy atom. The van der Waals surface area contributed by atoms with Gasteiger partial charge in [0.1, 0.15) is 5.82 Å². The number of hydrogen-bond acceptors (Lipinski definition) is 7. The van der Waals surface area contributed by atoms with Crippen molar-refractivity contribution in [2.24, 2.45) is 0 Å². The number of nitrogens with zero attached hydrogens (tertiary/aromatic N) is 4. The number of nitrogens with one attached hydrogen (secondary N) is 3. The number of anilines is 5.